The van der Waals surface area contributed by atoms with Crippen LogP contribution in [0, 0.1) is 6.92 Å². The molecule has 0 aliphatic carbocycles. The molecule has 6 nitrogen and oxygen atoms in total. The lowest BCUT2D eigenvalue weighted by Crippen LogP contribution is -2.21. The highest BCUT2D eigenvalue weighted by atomic mass is 16.5. The lowest BCUT2D eigenvalue weighted by Gasteiger charge is -2.13. The molecule has 2 rings (SSSR count). The summed E-state index contributed by atoms with van der Waals surface area (Å²) in [5.74, 6) is 0.633. The van der Waals surface area contributed by atoms with Gasteiger partial charge in [0.25, 0.3) is 0 Å². The summed E-state index contributed by atoms with van der Waals surface area (Å²) < 4.78 is 4.65. The van der Waals surface area contributed by atoms with Crippen LogP contribution in [0.4, 0.5) is 0 Å². The maximum absolute atomic E-state index is 4.65. The van der Waals surface area contributed by atoms with E-state index >= 15 is 0 Å². The van der Waals surface area contributed by atoms with Crippen molar-refractivity contribution in [2.24, 2.45) is 0 Å². The first-order valence-electron chi connectivity index (χ1n) is 5.03. The fraction of sp³-hybridized carbons (Fsp3) is 0.400. The predicted molar refractivity (Wildman–Crippen MR) is 56.3 cm³/mol. The SMILES string of the molecule is Cc1nccnc1C(C)NCc1ncon1. The van der Waals surface area contributed by atoms with Crippen molar-refractivity contribution in [3.05, 3.63) is 36.0 Å². The van der Waals surface area contributed by atoms with Crippen LogP contribution in [0.2, 0.25) is 0 Å². The van der Waals surface area contributed by atoms with Gasteiger partial charge in [-0.1, -0.05) is 5.16 Å². The highest BCUT2D eigenvalue weighted by molar-refractivity contribution is 5.12. The molecular weight excluding hydrogens is 206 g/mol. The van der Waals surface area contributed by atoms with Gasteiger partial charge in [0.2, 0.25) is 6.39 Å². The Hall–Kier alpha value is -1.82. The summed E-state index contributed by atoms with van der Waals surface area (Å²) in [6.45, 7) is 4.51. The summed E-state index contributed by atoms with van der Waals surface area (Å²) >= 11 is 0. The van der Waals surface area contributed by atoms with E-state index in [0.717, 1.165) is 11.4 Å². The molecule has 1 unspecified atom stereocenters. The molecule has 0 aliphatic heterocycles. The van der Waals surface area contributed by atoms with Crippen molar-refractivity contribution in [3.8, 4) is 0 Å². The van der Waals surface area contributed by atoms with Gasteiger partial charge >= 0.3 is 0 Å². The largest absolute Gasteiger partial charge is 0.343 e. The Labute approximate surface area is 93.1 Å². The molecule has 0 bridgehead atoms. The second-order valence-electron chi connectivity index (χ2n) is 3.48. The standard InChI is InChI=1S/C10H13N5O/c1-7-10(12-4-3-11-7)8(2)13-5-9-14-6-16-15-9/h3-4,6,8,13H,5H2,1-2H3. The third-order valence-electron chi connectivity index (χ3n) is 2.30. The average Bonchev–Trinajstić information content (AvgIpc) is 2.79. The fourth-order valence-electron chi connectivity index (χ4n) is 1.45. The molecule has 6 heteroatoms. The average molecular weight is 219 g/mol. The molecule has 1 atom stereocenters. The van der Waals surface area contributed by atoms with Crippen LogP contribution in [0.15, 0.2) is 23.3 Å². The van der Waals surface area contributed by atoms with Crippen LogP contribution in [0.1, 0.15) is 30.2 Å². The van der Waals surface area contributed by atoms with Crippen LogP contribution >= 0.6 is 0 Å². The fourth-order valence-corrected chi connectivity index (χ4v) is 1.45. The van der Waals surface area contributed by atoms with Crippen LogP contribution in [-0.4, -0.2) is 20.1 Å². The Balaban J connectivity index is 1.98. The zero-order valence-electron chi connectivity index (χ0n) is 9.21. The number of nitrogens with zero attached hydrogens (tertiary/aromatic N) is 4. The van der Waals surface area contributed by atoms with Gasteiger partial charge in [0, 0.05) is 18.4 Å². The third-order valence-corrected chi connectivity index (χ3v) is 2.30. The molecule has 0 aliphatic rings. The van der Waals surface area contributed by atoms with E-state index in [1.807, 2.05) is 13.8 Å². The normalized spacial score (nSPS) is 12.6. The van der Waals surface area contributed by atoms with Crippen molar-refractivity contribution >= 4 is 0 Å². The number of rotatable bonds is 4. The van der Waals surface area contributed by atoms with Gasteiger partial charge < -0.3 is 9.84 Å². The van der Waals surface area contributed by atoms with Crippen molar-refractivity contribution < 1.29 is 4.52 Å². The molecule has 0 aromatic carbocycles. The van der Waals surface area contributed by atoms with Crippen molar-refractivity contribution in [2.45, 2.75) is 26.4 Å². The van der Waals surface area contributed by atoms with Gasteiger partial charge in [-0.15, -0.1) is 0 Å². The predicted octanol–water partition coefficient (Wildman–Crippen LogP) is 1.02. The van der Waals surface area contributed by atoms with Crippen LogP contribution < -0.4 is 5.32 Å². The van der Waals surface area contributed by atoms with Crippen molar-refractivity contribution in [3.63, 3.8) is 0 Å². The highest BCUT2D eigenvalue weighted by Crippen LogP contribution is 2.11. The van der Waals surface area contributed by atoms with Crippen molar-refractivity contribution in [1.82, 2.24) is 25.4 Å². The van der Waals surface area contributed by atoms with Gasteiger partial charge in [-0.3, -0.25) is 9.97 Å². The monoisotopic (exact) mass is 219 g/mol. The van der Waals surface area contributed by atoms with E-state index in [1.165, 1.54) is 6.39 Å². The van der Waals surface area contributed by atoms with Crippen molar-refractivity contribution in [2.75, 3.05) is 0 Å². The number of hydrogen-bond acceptors (Lipinski definition) is 6. The summed E-state index contributed by atoms with van der Waals surface area (Å²) in [4.78, 5) is 12.4. The second-order valence-corrected chi connectivity index (χ2v) is 3.48. The number of nitrogens with one attached hydrogen (secondary N) is 1. The Kier molecular flexibility index (Phi) is 3.21. The van der Waals surface area contributed by atoms with Gasteiger partial charge in [-0.2, -0.15) is 4.98 Å². The van der Waals surface area contributed by atoms with E-state index in [4.69, 9.17) is 0 Å². The molecule has 1 N–H and O–H groups in total. The molecule has 16 heavy (non-hydrogen) atoms. The molecule has 0 amide bonds. The lowest BCUT2D eigenvalue weighted by molar-refractivity contribution is 0.404. The zero-order valence-corrected chi connectivity index (χ0v) is 9.21. The van der Waals surface area contributed by atoms with Crippen LogP contribution in [0.25, 0.3) is 0 Å². The maximum Gasteiger partial charge on any atom is 0.213 e. The number of aromatic nitrogens is 4. The number of hydrogen-bond donors (Lipinski definition) is 1. The van der Waals surface area contributed by atoms with E-state index in [0.29, 0.717) is 12.4 Å². The molecule has 2 aromatic rings. The molecule has 2 aromatic heterocycles. The smallest absolute Gasteiger partial charge is 0.213 e. The van der Waals surface area contributed by atoms with Crippen LogP contribution in [0.3, 0.4) is 0 Å². The molecule has 0 saturated heterocycles. The van der Waals surface area contributed by atoms with Crippen LogP contribution in [-0.2, 0) is 6.54 Å². The topological polar surface area (TPSA) is 76.7 Å². The molecule has 84 valence electrons. The molecule has 0 fully saturated rings. The maximum atomic E-state index is 4.65. The first-order chi connectivity index (χ1) is 7.77. The van der Waals surface area contributed by atoms with Gasteiger partial charge in [-0.05, 0) is 13.8 Å². The minimum atomic E-state index is 0.104. The van der Waals surface area contributed by atoms with Gasteiger partial charge in [0.15, 0.2) is 5.82 Å². The number of aryl methyl sites for hydroxylation is 1. The van der Waals surface area contributed by atoms with Crippen LogP contribution in [0.5, 0.6) is 0 Å². The summed E-state index contributed by atoms with van der Waals surface area (Å²) in [6.07, 6.45) is 4.69. The Bertz CT molecular complexity index is 442. The van der Waals surface area contributed by atoms with E-state index < -0.39 is 0 Å². The molecule has 0 saturated carbocycles. The lowest BCUT2D eigenvalue weighted by atomic mass is 10.2. The molecule has 2 heterocycles. The molecular formula is C10H13N5O. The minimum Gasteiger partial charge on any atom is -0.343 e. The van der Waals surface area contributed by atoms with E-state index in [-0.39, 0.29) is 6.04 Å². The minimum absolute atomic E-state index is 0.104. The first kappa shape index (κ1) is 10.7. The van der Waals surface area contributed by atoms with E-state index in [9.17, 15) is 0 Å². The highest BCUT2D eigenvalue weighted by Gasteiger charge is 2.10. The van der Waals surface area contributed by atoms with E-state index in [1.54, 1.807) is 12.4 Å². The summed E-state index contributed by atoms with van der Waals surface area (Å²) in [7, 11) is 0. The summed E-state index contributed by atoms with van der Waals surface area (Å²) in [6, 6.07) is 0.104. The molecule has 0 radical (unpaired) electrons. The zero-order chi connectivity index (χ0) is 11.4. The Morgan fingerprint density at radius 2 is 2.12 bits per heavy atom. The summed E-state index contributed by atoms with van der Waals surface area (Å²) in [5.41, 5.74) is 1.86. The summed E-state index contributed by atoms with van der Waals surface area (Å²) in [5, 5.41) is 6.97. The van der Waals surface area contributed by atoms with Crippen molar-refractivity contribution in [1.29, 1.82) is 0 Å². The third kappa shape index (κ3) is 2.40. The first-order valence-corrected chi connectivity index (χ1v) is 5.03. The molecule has 0 spiro atoms. The van der Waals surface area contributed by atoms with Gasteiger partial charge in [0.1, 0.15) is 0 Å². The van der Waals surface area contributed by atoms with Gasteiger partial charge in [0.05, 0.1) is 17.9 Å². The quantitative estimate of drug-likeness (QED) is 0.827. The Morgan fingerprint density at radius 1 is 1.31 bits per heavy atom. The second kappa shape index (κ2) is 4.80. The Morgan fingerprint density at radius 3 is 2.81 bits per heavy atom. The van der Waals surface area contributed by atoms with Gasteiger partial charge in [-0.25, -0.2) is 0 Å². The van der Waals surface area contributed by atoms with E-state index in [2.05, 4.69) is 29.9 Å².